The van der Waals surface area contributed by atoms with Crippen LogP contribution in [0.15, 0.2) is 30.9 Å². The Labute approximate surface area is 92.6 Å². The van der Waals surface area contributed by atoms with Crippen molar-refractivity contribution in [2.75, 3.05) is 6.54 Å². The van der Waals surface area contributed by atoms with Crippen LogP contribution in [0.3, 0.4) is 0 Å². The Bertz CT molecular complexity index is 294. The fourth-order valence-electron chi connectivity index (χ4n) is 1.31. The minimum absolute atomic E-state index is 0. The molecule has 0 amide bonds. The van der Waals surface area contributed by atoms with Crippen molar-refractivity contribution in [3.63, 3.8) is 0 Å². The summed E-state index contributed by atoms with van der Waals surface area (Å²) >= 11 is 0. The Morgan fingerprint density at radius 3 is 2.71 bits per heavy atom. The molecule has 1 N–H and O–H groups in total. The summed E-state index contributed by atoms with van der Waals surface area (Å²) in [5, 5.41) is 3.30. The van der Waals surface area contributed by atoms with Gasteiger partial charge in [0, 0.05) is 13.1 Å². The molecule has 78 valence electrons. The number of halogens is 1. The Kier molecular flexibility index (Phi) is 6.26. The molecule has 0 radical (unpaired) electrons. The Hall–Kier alpha value is -0.790. The lowest BCUT2D eigenvalue weighted by Gasteiger charge is -2.08. The van der Waals surface area contributed by atoms with Gasteiger partial charge in [-0.05, 0) is 30.5 Å². The van der Waals surface area contributed by atoms with E-state index in [0.717, 1.165) is 13.1 Å². The molecule has 0 aliphatic heterocycles. The molecular weight excluding hydrogens is 194 g/mol. The van der Waals surface area contributed by atoms with Crippen molar-refractivity contribution in [2.24, 2.45) is 0 Å². The Morgan fingerprint density at radius 1 is 1.36 bits per heavy atom. The van der Waals surface area contributed by atoms with Gasteiger partial charge in [0.05, 0.1) is 0 Å². The topological polar surface area (TPSA) is 12.0 Å². The molecule has 0 saturated carbocycles. The standard InChI is InChI=1S/C12H17N.ClH/c1-4-8-13-9-12-7-5-6-10(2)11(12)3;/h4-7,13H,1,8-9H2,2-3H3;1H. The van der Waals surface area contributed by atoms with Gasteiger partial charge >= 0.3 is 0 Å². The summed E-state index contributed by atoms with van der Waals surface area (Å²) in [6.07, 6.45) is 1.88. The second-order valence-electron chi connectivity index (χ2n) is 3.28. The van der Waals surface area contributed by atoms with Gasteiger partial charge in [-0.1, -0.05) is 24.3 Å². The summed E-state index contributed by atoms with van der Waals surface area (Å²) in [5.74, 6) is 0. The lowest BCUT2D eigenvalue weighted by molar-refractivity contribution is 0.755. The van der Waals surface area contributed by atoms with E-state index in [1.54, 1.807) is 0 Å². The predicted molar refractivity (Wildman–Crippen MR) is 65.1 cm³/mol. The Balaban J connectivity index is 0.00000169. The molecule has 1 rings (SSSR count). The van der Waals surface area contributed by atoms with Crippen molar-refractivity contribution in [1.82, 2.24) is 5.32 Å². The van der Waals surface area contributed by atoms with E-state index < -0.39 is 0 Å². The second kappa shape index (κ2) is 6.63. The number of rotatable bonds is 4. The van der Waals surface area contributed by atoms with E-state index in [0.29, 0.717) is 0 Å². The van der Waals surface area contributed by atoms with E-state index in [1.807, 2.05) is 6.08 Å². The first kappa shape index (κ1) is 13.2. The molecule has 14 heavy (non-hydrogen) atoms. The summed E-state index contributed by atoms with van der Waals surface area (Å²) in [7, 11) is 0. The van der Waals surface area contributed by atoms with Crippen molar-refractivity contribution < 1.29 is 0 Å². The summed E-state index contributed by atoms with van der Waals surface area (Å²) in [6, 6.07) is 6.41. The average Bonchev–Trinajstić information content (AvgIpc) is 2.13. The predicted octanol–water partition coefficient (Wildman–Crippen LogP) is 3.00. The first-order valence-electron chi connectivity index (χ1n) is 4.62. The van der Waals surface area contributed by atoms with Gasteiger partial charge in [-0.15, -0.1) is 19.0 Å². The molecule has 0 aromatic heterocycles. The van der Waals surface area contributed by atoms with Crippen molar-refractivity contribution in [2.45, 2.75) is 20.4 Å². The normalized spacial score (nSPS) is 9.29. The number of hydrogen-bond donors (Lipinski definition) is 1. The van der Waals surface area contributed by atoms with Crippen LogP contribution in [0.5, 0.6) is 0 Å². The lowest BCUT2D eigenvalue weighted by atomic mass is 10.0. The van der Waals surface area contributed by atoms with Gasteiger partial charge in [-0.3, -0.25) is 0 Å². The lowest BCUT2D eigenvalue weighted by Crippen LogP contribution is -2.13. The zero-order chi connectivity index (χ0) is 9.68. The number of hydrogen-bond acceptors (Lipinski definition) is 1. The van der Waals surface area contributed by atoms with Gasteiger partial charge in [0.2, 0.25) is 0 Å². The van der Waals surface area contributed by atoms with Gasteiger partial charge < -0.3 is 5.32 Å². The highest BCUT2D eigenvalue weighted by atomic mass is 35.5. The highest BCUT2D eigenvalue weighted by molar-refractivity contribution is 5.85. The van der Waals surface area contributed by atoms with Crippen LogP contribution in [0.4, 0.5) is 0 Å². The molecule has 0 fully saturated rings. The molecule has 0 aliphatic carbocycles. The maximum atomic E-state index is 3.67. The van der Waals surface area contributed by atoms with Gasteiger partial charge in [0.1, 0.15) is 0 Å². The molecule has 1 aromatic rings. The van der Waals surface area contributed by atoms with Gasteiger partial charge in [-0.2, -0.15) is 0 Å². The van der Waals surface area contributed by atoms with Crippen molar-refractivity contribution >= 4 is 12.4 Å². The van der Waals surface area contributed by atoms with Gasteiger partial charge in [0.25, 0.3) is 0 Å². The third-order valence-electron chi connectivity index (χ3n) is 2.32. The van der Waals surface area contributed by atoms with Crippen LogP contribution in [0.1, 0.15) is 16.7 Å². The molecule has 0 spiro atoms. The smallest absolute Gasteiger partial charge is 0.0211 e. The average molecular weight is 212 g/mol. The van der Waals surface area contributed by atoms with Crippen LogP contribution in [0, 0.1) is 13.8 Å². The summed E-state index contributed by atoms with van der Waals surface area (Å²) < 4.78 is 0. The number of nitrogens with one attached hydrogen (secondary N) is 1. The molecular formula is C12H18ClN. The van der Waals surface area contributed by atoms with E-state index in [-0.39, 0.29) is 12.4 Å². The molecule has 0 bridgehead atoms. The van der Waals surface area contributed by atoms with Crippen LogP contribution in [0.25, 0.3) is 0 Å². The maximum absolute atomic E-state index is 3.67. The second-order valence-corrected chi connectivity index (χ2v) is 3.28. The monoisotopic (exact) mass is 211 g/mol. The SMILES string of the molecule is C=CCNCc1cccc(C)c1C.Cl. The van der Waals surface area contributed by atoms with Crippen molar-refractivity contribution in [3.8, 4) is 0 Å². The molecule has 0 heterocycles. The number of aryl methyl sites for hydroxylation is 1. The fourth-order valence-corrected chi connectivity index (χ4v) is 1.31. The van der Waals surface area contributed by atoms with E-state index >= 15 is 0 Å². The zero-order valence-electron chi connectivity index (χ0n) is 8.84. The molecule has 0 saturated heterocycles. The molecule has 1 nitrogen and oxygen atoms in total. The minimum Gasteiger partial charge on any atom is -0.309 e. The molecule has 0 unspecified atom stereocenters. The first-order chi connectivity index (χ1) is 6.25. The summed E-state index contributed by atoms with van der Waals surface area (Å²) in [4.78, 5) is 0. The van der Waals surface area contributed by atoms with Gasteiger partial charge in [0.15, 0.2) is 0 Å². The van der Waals surface area contributed by atoms with E-state index in [4.69, 9.17) is 0 Å². The minimum atomic E-state index is 0. The van der Waals surface area contributed by atoms with Gasteiger partial charge in [-0.25, -0.2) is 0 Å². The maximum Gasteiger partial charge on any atom is 0.0211 e. The van der Waals surface area contributed by atoms with Crippen LogP contribution in [-0.4, -0.2) is 6.54 Å². The highest BCUT2D eigenvalue weighted by Crippen LogP contribution is 2.11. The fraction of sp³-hybridized carbons (Fsp3) is 0.333. The Morgan fingerprint density at radius 2 is 2.07 bits per heavy atom. The molecule has 2 heteroatoms. The molecule has 1 aromatic carbocycles. The molecule has 0 aliphatic rings. The van der Waals surface area contributed by atoms with Crippen LogP contribution < -0.4 is 5.32 Å². The highest BCUT2D eigenvalue weighted by Gasteiger charge is 1.98. The first-order valence-corrected chi connectivity index (χ1v) is 4.62. The third kappa shape index (κ3) is 3.52. The molecule has 0 atom stereocenters. The van der Waals surface area contributed by atoms with Crippen LogP contribution >= 0.6 is 12.4 Å². The zero-order valence-corrected chi connectivity index (χ0v) is 9.66. The van der Waals surface area contributed by atoms with E-state index in [1.165, 1.54) is 16.7 Å². The summed E-state index contributed by atoms with van der Waals surface area (Å²) in [5.41, 5.74) is 4.12. The quantitative estimate of drug-likeness (QED) is 0.597. The van der Waals surface area contributed by atoms with E-state index in [9.17, 15) is 0 Å². The largest absolute Gasteiger partial charge is 0.309 e. The summed E-state index contributed by atoms with van der Waals surface area (Å²) in [6.45, 7) is 9.78. The third-order valence-corrected chi connectivity index (χ3v) is 2.32. The van der Waals surface area contributed by atoms with Crippen LogP contribution in [-0.2, 0) is 6.54 Å². The number of benzene rings is 1. The van der Waals surface area contributed by atoms with E-state index in [2.05, 4.69) is 43.9 Å². The van der Waals surface area contributed by atoms with Crippen LogP contribution in [0.2, 0.25) is 0 Å². The van der Waals surface area contributed by atoms with Crippen molar-refractivity contribution in [1.29, 1.82) is 0 Å². The van der Waals surface area contributed by atoms with Crippen molar-refractivity contribution in [3.05, 3.63) is 47.5 Å².